The number of hydrogen-bond donors (Lipinski definition) is 2. The summed E-state index contributed by atoms with van der Waals surface area (Å²) in [5.74, 6) is -0.200. The number of nitrogens with zero attached hydrogens (tertiary/aromatic N) is 1. The molecule has 1 aliphatic rings. The average molecular weight is 236 g/mol. The lowest BCUT2D eigenvalue weighted by Crippen LogP contribution is -2.54. The van der Waals surface area contributed by atoms with Crippen LogP contribution >= 0.6 is 0 Å². The molecular weight excluding hydrogens is 220 g/mol. The SMILES string of the molecule is O=C(NC1(CO)CCOCC1)c1cccnc1. The second-order valence-electron chi connectivity index (χ2n) is 4.25. The van der Waals surface area contributed by atoms with E-state index in [1.165, 1.54) is 6.20 Å². The smallest absolute Gasteiger partial charge is 0.253 e. The number of hydrogen-bond acceptors (Lipinski definition) is 4. The average Bonchev–Trinajstić information content (AvgIpc) is 2.41. The standard InChI is InChI=1S/C12H16N2O3/c15-9-12(3-6-17-7-4-12)14-11(16)10-2-1-5-13-8-10/h1-2,5,8,15H,3-4,6-7,9H2,(H,14,16). The summed E-state index contributed by atoms with van der Waals surface area (Å²) >= 11 is 0. The van der Waals surface area contributed by atoms with Gasteiger partial charge in [-0.15, -0.1) is 0 Å². The van der Waals surface area contributed by atoms with Crippen LogP contribution in [0.15, 0.2) is 24.5 Å². The highest BCUT2D eigenvalue weighted by Gasteiger charge is 2.33. The summed E-state index contributed by atoms with van der Waals surface area (Å²) in [4.78, 5) is 15.9. The second-order valence-corrected chi connectivity index (χ2v) is 4.25. The van der Waals surface area contributed by atoms with Crippen molar-refractivity contribution in [2.75, 3.05) is 19.8 Å². The zero-order valence-corrected chi connectivity index (χ0v) is 9.56. The minimum atomic E-state index is -0.550. The Bertz CT molecular complexity index is 375. The minimum absolute atomic E-state index is 0.0671. The fourth-order valence-corrected chi connectivity index (χ4v) is 1.89. The van der Waals surface area contributed by atoms with E-state index in [1.54, 1.807) is 18.3 Å². The maximum atomic E-state index is 12.0. The van der Waals surface area contributed by atoms with Gasteiger partial charge < -0.3 is 15.2 Å². The monoisotopic (exact) mass is 236 g/mol. The van der Waals surface area contributed by atoms with Gasteiger partial charge in [-0.2, -0.15) is 0 Å². The lowest BCUT2D eigenvalue weighted by Gasteiger charge is -2.36. The number of nitrogens with one attached hydrogen (secondary N) is 1. The fourth-order valence-electron chi connectivity index (χ4n) is 1.89. The molecule has 5 heteroatoms. The van der Waals surface area contributed by atoms with Crippen molar-refractivity contribution in [1.29, 1.82) is 0 Å². The number of aliphatic hydroxyl groups excluding tert-OH is 1. The normalized spacial score (nSPS) is 18.6. The second kappa shape index (κ2) is 5.25. The number of carbonyl (C=O) groups is 1. The van der Waals surface area contributed by atoms with Crippen LogP contribution in [0.1, 0.15) is 23.2 Å². The van der Waals surface area contributed by atoms with Crippen LogP contribution in [0, 0.1) is 0 Å². The van der Waals surface area contributed by atoms with Crippen LogP contribution in [0.4, 0.5) is 0 Å². The Kier molecular flexibility index (Phi) is 3.71. The largest absolute Gasteiger partial charge is 0.394 e. The highest BCUT2D eigenvalue weighted by Crippen LogP contribution is 2.20. The van der Waals surface area contributed by atoms with Gasteiger partial charge in [0.1, 0.15) is 0 Å². The molecule has 0 saturated carbocycles. The molecule has 1 saturated heterocycles. The van der Waals surface area contributed by atoms with Crippen molar-refractivity contribution >= 4 is 5.91 Å². The third kappa shape index (κ3) is 2.81. The molecular formula is C12H16N2O3. The highest BCUT2D eigenvalue weighted by molar-refractivity contribution is 5.94. The van der Waals surface area contributed by atoms with E-state index in [0.717, 1.165) is 0 Å². The molecule has 0 atom stereocenters. The summed E-state index contributed by atoms with van der Waals surface area (Å²) in [6.07, 6.45) is 4.40. The fraction of sp³-hybridized carbons (Fsp3) is 0.500. The summed E-state index contributed by atoms with van der Waals surface area (Å²) in [6.45, 7) is 1.06. The first kappa shape index (κ1) is 12.0. The number of aliphatic hydroxyl groups is 1. The molecule has 1 fully saturated rings. The van der Waals surface area contributed by atoms with E-state index in [2.05, 4.69) is 10.3 Å². The molecule has 5 nitrogen and oxygen atoms in total. The molecule has 0 aliphatic carbocycles. The van der Waals surface area contributed by atoms with E-state index in [0.29, 0.717) is 31.6 Å². The van der Waals surface area contributed by atoms with Gasteiger partial charge in [-0.1, -0.05) is 0 Å². The first-order valence-corrected chi connectivity index (χ1v) is 5.67. The van der Waals surface area contributed by atoms with Crippen LogP contribution in [0.25, 0.3) is 0 Å². The van der Waals surface area contributed by atoms with Crippen LogP contribution < -0.4 is 5.32 Å². The topological polar surface area (TPSA) is 71.5 Å². The Morgan fingerprint density at radius 3 is 2.88 bits per heavy atom. The third-order valence-corrected chi connectivity index (χ3v) is 3.05. The van der Waals surface area contributed by atoms with Crippen LogP contribution in [-0.2, 0) is 4.74 Å². The number of carbonyl (C=O) groups excluding carboxylic acids is 1. The van der Waals surface area contributed by atoms with Crippen LogP contribution in [0.2, 0.25) is 0 Å². The van der Waals surface area contributed by atoms with Crippen molar-refractivity contribution in [3.63, 3.8) is 0 Å². The van der Waals surface area contributed by atoms with E-state index in [1.807, 2.05) is 0 Å². The molecule has 92 valence electrons. The Morgan fingerprint density at radius 1 is 1.53 bits per heavy atom. The Balaban J connectivity index is 2.06. The maximum absolute atomic E-state index is 12.0. The molecule has 0 unspecified atom stereocenters. The quantitative estimate of drug-likeness (QED) is 0.794. The Hall–Kier alpha value is -1.46. The van der Waals surface area contributed by atoms with Gasteiger partial charge in [-0.05, 0) is 25.0 Å². The van der Waals surface area contributed by atoms with Gasteiger partial charge in [-0.25, -0.2) is 0 Å². The van der Waals surface area contributed by atoms with Gasteiger partial charge in [0.05, 0.1) is 17.7 Å². The third-order valence-electron chi connectivity index (χ3n) is 3.05. The van der Waals surface area contributed by atoms with E-state index in [9.17, 15) is 9.90 Å². The number of ether oxygens (including phenoxy) is 1. The summed E-state index contributed by atoms with van der Waals surface area (Å²) in [5, 5.41) is 12.3. The number of pyridine rings is 1. The summed E-state index contributed by atoms with van der Waals surface area (Å²) in [5.41, 5.74) is -0.0441. The van der Waals surface area contributed by atoms with Crippen molar-refractivity contribution in [3.05, 3.63) is 30.1 Å². The van der Waals surface area contributed by atoms with E-state index in [4.69, 9.17) is 4.74 Å². The van der Waals surface area contributed by atoms with Gasteiger partial charge in [0.25, 0.3) is 5.91 Å². The Morgan fingerprint density at radius 2 is 2.29 bits per heavy atom. The lowest BCUT2D eigenvalue weighted by molar-refractivity contribution is 0.0125. The summed E-state index contributed by atoms with van der Waals surface area (Å²) in [6, 6.07) is 3.41. The number of amides is 1. The maximum Gasteiger partial charge on any atom is 0.253 e. The van der Waals surface area contributed by atoms with E-state index >= 15 is 0 Å². The van der Waals surface area contributed by atoms with Crippen LogP contribution in [0.5, 0.6) is 0 Å². The van der Waals surface area contributed by atoms with Gasteiger partial charge in [0.15, 0.2) is 0 Å². The molecule has 1 aromatic rings. The summed E-state index contributed by atoms with van der Waals surface area (Å²) < 4.78 is 5.24. The number of aromatic nitrogens is 1. The predicted octanol–water partition coefficient (Wildman–Crippen LogP) is 0.353. The van der Waals surface area contributed by atoms with Crippen LogP contribution in [0.3, 0.4) is 0 Å². The van der Waals surface area contributed by atoms with Crippen molar-refractivity contribution in [2.45, 2.75) is 18.4 Å². The van der Waals surface area contributed by atoms with Crippen molar-refractivity contribution in [1.82, 2.24) is 10.3 Å². The molecule has 0 aromatic carbocycles. The molecule has 2 heterocycles. The zero-order valence-electron chi connectivity index (χ0n) is 9.56. The van der Waals surface area contributed by atoms with Crippen LogP contribution in [-0.4, -0.2) is 41.4 Å². The van der Waals surface area contributed by atoms with Crippen molar-refractivity contribution < 1.29 is 14.6 Å². The van der Waals surface area contributed by atoms with E-state index in [-0.39, 0.29) is 12.5 Å². The van der Waals surface area contributed by atoms with E-state index < -0.39 is 5.54 Å². The molecule has 0 spiro atoms. The first-order valence-electron chi connectivity index (χ1n) is 5.67. The molecule has 0 bridgehead atoms. The van der Waals surface area contributed by atoms with Gasteiger partial charge in [-0.3, -0.25) is 9.78 Å². The Labute approximate surface area is 99.8 Å². The minimum Gasteiger partial charge on any atom is -0.394 e. The first-order chi connectivity index (χ1) is 8.26. The molecule has 2 N–H and O–H groups in total. The van der Waals surface area contributed by atoms with Gasteiger partial charge in [0, 0.05) is 25.6 Å². The van der Waals surface area contributed by atoms with Crippen molar-refractivity contribution in [2.24, 2.45) is 0 Å². The molecule has 1 aliphatic heterocycles. The number of rotatable bonds is 3. The lowest BCUT2D eigenvalue weighted by atomic mass is 9.90. The van der Waals surface area contributed by atoms with Gasteiger partial charge in [0.2, 0.25) is 0 Å². The zero-order chi connectivity index (χ0) is 12.1. The summed E-state index contributed by atoms with van der Waals surface area (Å²) in [7, 11) is 0. The molecule has 17 heavy (non-hydrogen) atoms. The molecule has 2 rings (SSSR count). The molecule has 1 amide bonds. The van der Waals surface area contributed by atoms with Crippen molar-refractivity contribution in [3.8, 4) is 0 Å². The predicted molar refractivity (Wildman–Crippen MR) is 61.6 cm³/mol. The highest BCUT2D eigenvalue weighted by atomic mass is 16.5. The molecule has 0 radical (unpaired) electrons. The molecule has 1 aromatic heterocycles. The van der Waals surface area contributed by atoms with Gasteiger partial charge >= 0.3 is 0 Å².